The summed E-state index contributed by atoms with van der Waals surface area (Å²) in [4.78, 5) is 13.1. The first-order chi connectivity index (χ1) is 9.71. The number of carboxylic acids is 1. The smallest absolute Gasteiger partial charge is 0.392 e. The number of benzene rings is 1. The van der Waals surface area contributed by atoms with Gasteiger partial charge in [-0.2, -0.15) is 13.2 Å². The van der Waals surface area contributed by atoms with E-state index < -0.39 is 24.0 Å². The molecule has 0 bridgehead atoms. The van der Waals surface area contributed by atoms with Crippen LogP contribution in [0, 0.1) is 5.92 Å². The van der Waals surface area contributed by atoms with Crippen LogP contribution in [0.1, 0.15) is 18.4 Å². The molecule has 1 aromatic carbocycles. The van der Waals surface area contributed by atoms with Crippen molar-refractivity contribution in [2.75, 3.05) is 25.1 Å². The molecule has 1 heterocycles. The van der Waals surface area contributed by atoms with Gasteiger partial charge < -0.3 is 14.7 Å². The number of hydrogen-bond donors (Lipinski definition) is 1. The molecule has 0 saturated heterocycles. The summed E-state index contributed by atoms with van der Waals surface area (Å²) >= 11 is 0. The van der Waals surface area contributed by atoms with Crippen LogP contribution >= 0.6 is 0 Å². The van der Waals surface area contributed by atoms with Crippen molar-refractivity contribution in [1.29, 1.82) is 0 Å². The van der Waals surface area contributed by atoms with E-state index in [1.54, 1.807) is 7.05 Å². The average molecular weight is 303 g/mol. The minimum atomic E-state index is -4.57. The first-order valence-corrected chi connectivity index (χ1v) is 6.49. The van der Waals surface area contributed by atoms with E-state index in [0.717, 1.165) is 6.92 Å². The number of alkyl halides is 3. The molecule has 4 nitrogen and oxygen atoms in total. The number of hydrogen-bond acceptors (Lipinski definition) is 3. The van der Waals surface area contributed by atoms with E-state index in [0.29, 0.717) is 24.6 Å². The number of nitrogens with zero attached hydrogens (tertiary/aromatic N) is 1. The van der Waals surface area contributed by atoms with Gasteiger partial charge in [0.1, 0.15) is 12.4 Å². The Balaban J connectivity index is 2.42. The number of ether oxygens (including phenoxy) is 1. The fraction of sp³-hybridized carbons (Fsp3) is 0.500. The second kappa shape index (κ2) is 5.46. The maximum absolute atomic E-state index is 12.9. The fourth-order valence-corrected chi connectivity index (χ4v) is 2.40. The number of carbonyl (C=O) groups is 1. The Bertz CT molecular complexity index is 545. The van der Waals surface area contributed by atoms with Crippen molar-refractivity contribution >= 4 is 11.7 Å². The first kappa shape index (κ1) is 15.5. The number of likely N-dealkylation sites (N-methyl/N-ethyl adjacent to an activating group) is 1. The first-order valence-electron chi connectivity index (χ1n) is 6.49. The van der Waals surface area contributed by atoms with Crippen molar-refractivity contribution in [3.05, 3.63) is 23.8 Å². The lowest BCUT2D eigenvalue weighted by Crippen LogP contribution is -2.32. The molecule has 0 aliphatic carbocycles. The quantitative estimate of drug-likeness (QED) is 0.933. The predicted octanol–water partition coefficient (Wildman–Crippen LogP) is 2.88. The van der Waals surface area contributed by atoms with E-state index in [1.807, 2.05) is 4.90 Å². The zero-order valence-corrected chi connectivity index (χ0v) is 11.6. The fourth-order valence-electron chi connectivity index (χ4n) is 2.40. The Morgan fingerprint density at radius 2 is 2.10 bits per heavy atom. The van der Waals surface area contributed by atoms with Crippen LogP contribution in [-0.2, 0) is 4.79 Å². The summed E-state index contributed by atoms with van der Waals surface area (Å²) in [5, 5.41) is 9.19. The maximum atomic E-state index is 12.9. The molecule has 0 unspecified atom stereocenters. The molecule has 0 spiro atoms. The zero-order valence-electron chi connectivity index (χ0n) is 11.6. The van der Waals surface area contributed by atoms with Crippen molar-refractivity contribution < 1.29 is 27.8 Å². The minimum Gasteiger partial charge on any atom is -0.490 e. The largest absolute Gasteiger partial charge is 0.490 e. The van der Waals surface area contributed by atoms with Crippen molar-refractivity contribution in [3.63, 3.8) is 0 Å². The molecule has 0 saturated carbocycles. The second-order valence-electron chi connectivity index (χ2n) is 5.14. The van der Waals surface area contributed by atoms with Gasteiger partial charge in [0.2, 0.25) is 0 Å². The van der Waals surface area contributed by atoms with E-state index >= 15 is 0 Å². The van der Waals surface area contributed by atoms with Crippen LogP contribution in [0.5, 0.6) is 5.75 Å². The number of halogens is 3. The van der Waals surface area contributed by atoms with Crippen molar-refractivity contribution in [3.8, 4) is 5.75 Å². The molecule has 0 fully saturated rings. The third-order valence-electron chi connectivity index (χ3n) is 3.72. The summed E-state index contributed by atoms with van der Waals surface area (Å²) in [7, 11) is 1.79. The van der Waals surface area contributed by atoms with Crippen molar-refractivity contribution in [1.82, 2.24) is 0 Å². The van der Waals surface area contributed by atoms with Gasteiger partial charge in [-0.3, -0.25) is 4.79 Å². The highest BCUT2D eigenvalue weighted by atomic mass is 19.4. The number of aliphatic carboxylic acids is 1. The van der Waals surface area contributed by atoms with Gasteiger partial charge in [-0.1, -0.05) is 13.0 Å². The van der Waals surface area contributed by atoms with Crippen LogP contribution in [0.3, 0.4) is 0 Å². The summed E-state index contributed by atoms with van der Waals surface area (Å²) < 4.78 is 44.0. The lowest BCUT2D eigenvalue weighted by atomic mass is 9.86. The molecule has 0 amide bonds. The van der Waals surface area contributed by atoms with Crippen LogP contribution in [-0.4, -0.2) is 37.5 Å². The van der Waals surface area contributed by atoms with E-state index in [2.05, 4.69) is 0 Å². The molecule has 0 radical (unpaired) electrons. The van der Waals surface area contributed by atoms with Gasteiger partial charge in [0.05, 0.1) is 24.1 Å². The van der Waals surface area contributed by atoms with Gasteiger partial charge in [0.15, 0.2) is 0 Å². The van der Waals surface area contributed by atoms with Crippen molar-refractivity contribution in [2.45, 2.75) is 19.0 Å². The van der Waals surface area contributed by atoms with Crippen LogP contribution in [0.4, 0.5) is 18.9 Å². The topological polar surface area (TPSA) is 49.8 Å². The summed E-state index contributed by atoms with van der Waals surface area (Å²) in [6.45, 7) is 1.98. The van der Waals surface area contributed by atoms with Gasteiger partial charge in [0.25, 0.3) is 0 Å². The Kier molecular flexibility index (Phi) is 4.02. The van der Waals surface area contributed by atoms with Crippen LogP contribution < -0.4 is 9.64 Å². The highest BCUT2D eigenvalue weighted by Crippen LogP contribution is 2.40. The van der Waals surface area contributed by atoms with E-state index in [1.165, 1.54) is 18.2 Å². The average Bonchev–Trinajstić information content (AvgIpc) is 2.38. The number of anilines is 1. The Morgan fingerprint density at radius 3 is 2.67 bits per heavy atom. The monoisotopic (exact) mass is 303 g/mol. The molecular formula is C14H16F3NO3. The molecule has 1 aliphatic rings. The molecule has 21 heavy (non-hydrogen) atoms. The molecule has 1 aliphatic heterocycles. The Hall–Kier alpha value is -1.92. The van der Waals surface area contributed by atoms with Gasteiger partial charge in [0, 0.05) is 7.05 Å². The third kappa shape index (κ3) is 3.06. The maximum Gasteiger partial charge on any atom is 0.392 e. The molecule has 2 atom stereocenters. The molecule has 2 rings (SSSR count). The lowest BCUT2D eigenvalue weighted by molar-refractivity contribution is -0.183. The van der Waals surface area contributed by atoms with Crippen LogP contribution in [0.25, 0.3) is 0 Å². The summed E-state index contributed by atoms with van der Waals surface area (Å²) in [6.07, 6.45) is -4.57. The van der Waals surface area contributed by atoms with Gasteiger partial charge >= 0.3 is 12.1 Å². The van der Waals surface area contributed by atoms with Crippen molar-refractivity contribution in [2.24, 2.45) is 5.92 Å². The normalized spacial score (nSPS) is 17.7. The Morgan fingerprint density at radius 1 is 1.43 bits per heavy atom. The third-order valence-corrected chi connectivity index (χ3v) is 3.72. The molecular weight excluding hydrogens is 287 g/mol. The molecule has 1 aromatic rings. The van der Waals surface area contributed by atoms with Crippen LogP contribution in [0.2, 0.25) is 0 Å². The van der Waals surface area contributed by atoms with E-state index in [9.17, 15) is 23.1 Å². The number of carboxylic acid groups (broad SMARTS) is 1. The van der Waals surface area contributed by atoms with Gasteiger partial charge in [-0.05, 0) is 17.7 Å². The minimum absolute atomic E-state index is 0.128. The van der Waals surface area contributed by atoms with E-state index in [4.69, 9.17) is 4.74 Å². The van der Waals surface area contributed by atoms with Gasteiger partial charge in [-0.25, -0.2) is 0 Å². The summed E-state index contributed by atoms with van der Waals surface area (Å²) in [5.41, 5.74) is 0.739. The molecule has 0 aromatic heterocycles. The zero-order chi connectivity index (χ0) is 15.8. The summed E-state index contributed by atoms with van der Waals surface area (Å²) in [5.74, 6) is -4.54. The lowest BCUT2D eigenvalue weighted by Gasteiger charge is -2.29. The molecule has 1 N–H and O–H groups in total. The SMILES string of the molecule is C[C@H]([C@H](C(=O)O)c1ccc2c(c1)N(C)CCO2)C(F)(F)F. The highest BCUT2D eigenvalue weighted by molar-refractivity contribution is 5.78. The predicted molar refractivity (Wildman–Crippen MR) is 70.8 cm³/mol. The van der Waals surface area contributed by atoms with E-state index in [-0.39, 0.29) is 5.56 Å². The van der Waals surface area contributed by atoms with Gasteiger partial charge in [-0.15, -0.1) is 0 Å². The second-order valence-corrected chi connectivity index (χ2v) is 5.14. The molecule has 7 heteroatoms. The molecule has 116 valence electrons. The Labute approximate surface area is 120 Å². The number of rotatable bonds is 3. The summed E-state index contributed by atoms with van der Waals surface area (Å²) in [6, 6.07) is 4.38. The highest BCUT2D eigenvalue weighted by Gasteiger charge is 2.45. The number of fused-ring (bicyclic) bond motifs is 1. The van der Waals surface area contributed by atoms with Crippen LogP contribution in [0.15, 0.2) is 18.2 Å². The standard InChI is InChI=1S/C14H16F3NO3/c1-8(14(15,16)17)12(13(19)20)9-3-4-11-10(7-9)18(2)5-6-21-11/h3-4,7-8,12H,5-6H2,1-2H3,(H,19,20)/t8-,12+/m1/s1.